The molecule has 0 aliphatic carbocycles. The summed E-state index contributed by atoms with van der Waals surface area (Å²) < 4.78 is 33.8. The van der Waals surface area contributed by atoms with E-state index in [-0.39, 0.29) is 5.56 Å². The predicted molar refractivity (Wildman–Crippen MR) is 79.3 cm³/mol. The van der Waals surface area contributed by atoms with Gasteiger partial charge in [-0.1, -0.05) is 26.0 Å². The van der Waals surface area contributed by atoms with E-state index in [1.54, 1.807) is 19.1 Å². The molecule has 2 nitrogen and oxygen atoms in total. The van der Waals surface area contributed by atoms with Crippen LogP contribution in [0.2, 0.25) is 0 Å². The fourth-order valence-electron chi connectivity index (χ4n) is 2.28. The SMILES string of the molecule is CCCNC(c1ccc(CC)o1)c1ccc(C)c(F)c1F. The van der Waals surface area contributed by atoms with Crippen molar-refractivity contribution in [3.63, 3.8) is 0 Å². The lowest BCUT2D eigenvalue weighted by Gasteiger charge is -2.18. The second-order valence-electron chi connectivity index (χ2n) is 5.14. The molecule has 1 heterocycles. The van der Waals surface area contributed by atoms with Gasteiger partial charge in [0, 0.05) is 12.0 Å². The van der Waals surface area contributed by atoms with Gasteiger partial charge in [-0.05, 0) is 37.6 Å². The highest BCUT2D eigenvalue weighted by molar-refractivity contribution is 5.32. The van der Waals surface area contributed by atoms with Crippen LogP contribution in [0.5, 0.6) is 0 Å². The molecule has 1 aromatic carbocycles. The monoisotopic (exact) mass is 293 g/mol. The van der Waals surface area contributed by atoms with Crippen molar-refractivity contribution in [2.24, 2.45) is 0 Å². The Bertz CT molecular complexity index is 607. The topological polar surface area (TPSA) is 25.2 Å². The minimum Gasteiger partial charge on any atom is -0.464 e. The van der Waals surface area contributed by atoms with Gasteiger partial charge in [-0.2, -0.15) is 0 Å². The normalized spacial score (nSPS) is 12.6. The number of halogens is 2. The number of nitrogens with one attached hydrogen (secondary N) is 1. The van der Waals surface area contributed by atoms with Crippen LogP contribution < -0.4 is 5.32 Å². The average Bonchev–Trinajstić information content (AvgIpc) is 2.96. The highest BCUT2D eigenvalue weighted by Gasteiger charge is 2.23. The predicted octanol–water partition coefficient (Wildman–Crippen LogP) is 4.52. The van der Waals surface area contributed by atoms with E-state index in [0.29, 0.717) is 17.9 Å². The minimum atomic E-state index is -0.807. The maximum Gasteiger partial charge on any atom is 0.164 e. The van der Waals surface area contributed by atoms with Crippen LogP contribution in [0.15, 0.2) is 28.7 Å². The lowest BCUT2D eigenvalue weighted by atomic mass is 10.0. The van der Waals surface area contributed by atoms with Crippen LogP contribution in [0, 0.1) is 18.6 Å². The van der Waals surface area contributed by atoms with Crippen LogP contribution in [-0.4, -0.2) is 6.54 Å². The molecule has 2 rings (SSSR count). The second kappa shape index (κ2) is 6.85. The Labute approximate surface area is 124 Å². The summed E-state index contributed by atoms with van der Waals surface area (Å²) in [5.74, 6) is -0.153. The average molecular weight is 293 g/mol. The highest BCUT2D eigenvalue weighted by Crippen LogP contribution is 2.28. The van der Waals surface area contributed by atoms with Gasteiger partial charge < -0.3 is 9.73 Å². The minimum absolute atomic E-state index is 0.281. The third kappa shape index (κ3) is 3.32. The molecule has 1 unspecified atom stereocenters. The van der Waals surface area contributed by atoms with Crippen molar-refractivity contribution in [2.75, 3.05) is 6.54 Å². The number of hydrogen-bond acceptors (Lipinski definition) is 2. The third-order valence-corrected chi connectivity index (χ3v) is 3.53. The second-order valence-corrected chi connectivity index (χ2v) is 5.14. The first-order valence-corrected chi connectivity index (χ1v) is 7.34. The quantitative estimate of drug-likeness (QED) is 0.847. The van der Waals surface area contributed by atoms with Crippen molar-refractivity contribution in [3.8, 4) is 0 Å². The Kier molecular flexibility index (Phi) is 5.12. The van der Waals surface area contributed by atoms with E-state index in [4.69, 9.17) is 4.42 Å². The smallest absolute Gasteiger partial charge is 0.164 e. The molecule has 1 aromatic heterocycles. The van der Waals surface area contributed by atoms with Gasteiger partial charge in [0.2, 0.25) is 0 Å². The maximum atomic E-state index is 14.3. The zero-order valence-electron chi connectivity index (χ0n) is 12.7. The molecule has 0 radical (unpaired) electrons. The van der Waals surface area contributed by atoms with Crippen molar-refractivity contribution in [3.05, 3.63) is 58.5 Å². The molecule has 0 aliphatic rings. The molecule has 114 valence electrons. The number of benzene rings is 1. The summed E-state index contributed by atoms with van der Waals surface area (Å²) in [5.41, 5.74) is 0.586. The summed E-state index contributed by atoms with van der Waals surface area (Å²) in [6, 6.07) is 6.44. The van der Waals surface area contributed by atoms with E-state index in [1.165, 1.54) is 0 Å². The summed E-state index contributed by atoms with van der Waals surface area (Å²) in [5, 5.41) is 3.23. The summed E-state index contributed by atoms with van der Waals surface area (Å²) >= 11 is 0. The first kappa shape index (κ1) is 15.7. The Balaban J connectivity index is 2.42. The van der Waals surface area contributed by atoms with Gasteiger partial charge in [-0.25, -0.2) is 8.78 Å². The van der Waals surface area contributed by atoms with Crippen LogP contribution >= 0.6 is 0 Å². The van der Waals surface area contributed by atoms with Gasteiger partial charge in [0.1, 0.15) is 11.5 Å². The highest BCUT2D eigenvalue weighted by atomic mass is 19.2. The lowest BCUT2D eigenvalue weighted by Crippen LogP contribution is -2.24. The Morgan fingerprint density at radius 1 is 1.10 bits per heavy atom. The molecule has 1 atom stereocenters. The number of furan rings is 1. The van der Waals surface area contributed by atoms with Gasteiger partial charge in [0.05, 0.1) is 6.04 Å². The fraction of sp³-hybridized carbons (Fsp3) is 0.412. The van der Waals surface area contributed by atoms with Gasteiger partial charge in [0.25, 0.3) is 0 Å². The number of hydrogen-bond donors (Lipinski definition) is 1. The van der Waals surface area contributed by atoms with Gasteiger partial charge in [-0.3, -0.25) is 0 Å². The summed E-state index contributed by atoms with van der Waals surface area (Å²) in [6.07, 6.45) is 1.67. The van der Waals surface area contributed by atoms with Crippen molar-refractivity contribution in [2.45, 2.75) is 39.7 Å². The van der Waals surface area contributed by atoms with Crippen LogP contribution in [0.4, 0.5) is 8.78 Å². The van der Waals surface area contributed by atoms with Gasteiger partial charge in [0.15, 0.2) is 11.6 Å². The Hall–Kier alpha value is -1.68. The Morgan fingerprint density at radius 3 is 2.48 bits per heavy atom. The molecule has 1 N–H and O–H groups in total. The van der Waals surface area contributed by atoms with E-state index in [9.17, 15) is 8.78 Å². The Morgan fingerprint density at radius 2 is 1.86 bits per heavy atom. The molecule has 0 aliphatic heterocycles. The first-order valence-electron chi connectivity index (χ1n) is 7.34. The third-order valence-electron chi connectivity index (χ3n) is 3.53. The van der Waals surface area contributed by atoms with Crippen LogP contribution in [0.25, 0.3) is 0 Å². The van der Waals surface area contributed by atoms with Gasteiger partial charge >= 0.3 is 0 Å². The molecule has 0 fully saturated rings. The molecule has 2 aromatic rings. The molecule has 0 bridgehead atoms. The molecule has 0 saturated heterocycles. The first-order chi connectivity index (χ1) is 10.1. The van der Waals surface area contributed by atoms with E-state index >= 15 is 0 Å². The van der Waals surface area contributed by atoms with E-state index < -0.39 is 17.7 Å². The van der Waals surface area contributed by atoms with E-state index in [1.807, 2.05) is 26.0 Å². The van der Waals surface area contributed by atoms with Crippen LogP contribution in [0.3, 0.4) is 0 Å². The zero-order chi connectivity index (χ0) is 15.4. The molecule has 4 heteroatoms. The molecule has 0 saturated carbocycles. The lowest BCUT2D eigenvalue weighted by molar-refractivity contribution is 0.407. The van der Waals surface area contributed by atoms with E-state index in [2.05, 4.69) is 5.32 Å². The van der Waals surface area contributed by atoms with Gasteiger partial charge in [-0.15, -0.1) is 0 Å². The summed E-state index contributed by atoms with van der Waals surface area (Å²) in [4.78, 5) is 0. The number of aryl methyl sites for hydroxylation is 2. The maximum absolute atomic E-state index is 14.3. The van der Waals surface area contributed by atoms with Crippen LogP contribution in [-0.2, 0) is 6.42 Å². The standard InChI is InChI=1S/C17H21F2NO/c1-4-10-20-17(14-9-7-12(5-2)21-14)13-8-6-11(3)15(18)16(13)19/h6-9,17,20H,4-5,10H2,1-3H3. The summed E-state index contributed by atoms with van der Waals surface area (Å²) in [6.45, 7) is 6.26. The molecular weight excluding hydrogens is 272 g/mol. The number of rotatable bonds is 6. The molecule has 21 heavy (non-hydrogen) atoms. The van der Waals surface area contributed by atoms with Crippen molar-refractivity contribution >= 4 is 0 Å². The molecular formula is C17H21F2NO. The molecule has 0 amide bonds. The van der Waals surface area contributed by atoms with Crippen molar-refractivity contribution in [1.29, 1.82) is 0 Å². The fourth-order valence-corrected chi connectivity index (χ4v) is 2.28. The zero-order valence-corrected chi connectivity index (χ0v) is 12.7. The van der Waals surface area contributed by atoms with E-state index in [0.717, 1.165) is 18.6 Å². The van der Waals surface area contributed by atoms with Crippen LogP contribution in [0.1, 0.15) is 49.0 Å². The summed E-state index contributed by atoms with van der Waals surface area (Å²) in [7, 11) is 0. The molecule has 0 spiro atoms. The van der Waals surface area contributed by atoms with Crippen molar-refractivity contribution in [1.82, 2.24) is 5.32 Å². The largest absolute Gasteiger partial charge is 0.464 e. The van der Waals surface area contributed by atoms with Crippen molar-refractivity contribution < 1.29 is 13.2 Å².